The van der Waals surface area contributed by atoms with Crippen molar-refractivity contribution in [3.63, 3.8) is 0 Å². The van der Waals surface area contributed by atoms with Crippen LogP contribution in [-0.2, 0) is 13.5 Å². The first-order valence-corrected chi connectivity index (χ1v) is 7.22. The highest BCUT2D eigenvalue weighted by Crippen LogP contribution is 2.25. The Bertz CT molecular complexity index is 772. The van der Waals surface area contributed by atoms with Crippen molar-refractivity contribution in [3.8, 4) is 17.2 Å². The normalized spacial score (nSPS) is 12.0. The third kappa shape index (κ3) is 3.32. The van der Waals surface area contributed by atoms with Gasteiger partial charge in [-0.05, 0) is 0 Å². The van der Waals surface area contributed by atoms with E-state index < -0.39 is 12.6 Å². The Balaban J connectivity index is 1.75. The molecule has 0 spiro atoms. The van der Waals surface area contributed by atoms with Crippen LogP contribution in [0.3, 0.4) is 0 Å². The number of halogens is 3. The zero-order chi connectivity index (χ0) is 15.7. The Morgan fingerprint density at radius 1 is 1.27 bits per heavy atom. The zero-order valence-electron chi connectivity index (χ0n) is 11.4. The molecule has 0 aliphatic rings. The first-order valence-electron chi connectivity index (χ1n) is 6.34. The summed E-state index contributed by atoms with van der Waals surface area (Å²) in [6, 6.07) is 1.77. The molecule has 0 aliphatic carbocycles. The van der Waals surface area contributed by atoms with E-state index in [9.17, 15) is 13.2 Å². The minimum absolute atomic E-state index is 0.122. The summed E-state index contributed by atoms with van der Waals surface area (Å²) in [5, 5.41) is 14.2. The first kappa shape index (κ1) is 14.7. The Kier molecular flexibility index (Phi) is 3.69. The second-order valence-corrected chi connectivity index (χ2v) is 5.58. The van der Waals surface area contributed by atoms with E-state index in [4.69, 9.17) is 0 Å². The van der Waals surface area contributed by atoms with E-state index in [0.29, 0.717) is 22.2 Å². The topological polar surface area (TPSA) is 61.4 Å². The molecular formula is C12H11F3N6S. The Morgan fingerprint density at radius 2 is 2.09 bits per heavy atom. The van der Waals surface area contributed by atoms with Crippen LogP contribution in [0.4, 0.5) is 13.2 Å². The highest BCUT2D eigenvalue weighted by Gasteiger charge is 2.27. The third-order valence-corrected chi connectivity index (χ3v) is 3.77. The third-order valence-electron chi connectivity index (χ3n) is 2.86. The molecule has 0 aromatic carbocycles. The van der Waals surface area contributed by atoms with Crippen LogP contribution >= 0.6 is 11.3 Å². The van der Waals surface area contributed by atoms with Gasteiger partial charge >= 0.3 is 6.18 Å². The standard InChI is InChI=1S/C12H11F3N6S/c1-20-5-3-10(18-20)21-6-8(17-19-21)9-7-22-11(16-9)2-4-12(13,14)15/h3,5-7H,2,4H2,1H3. The Labute approximate surface area is 127 Å². The summed E-state index contributed by atoms with van der Waals surface area (Å²) >= 11 is 1.19. The number of alkyl halides is 3. The number of aryl methyl sites for hydroxylation is 2. The van der Waals surface area contributed by atoms with Crippen molar-refractivity contribution in [2.75, 3.05) is 0 Å². The van der Waals surface area contributed by atoms with Crippen LogP contribution in [0.15, 0.2) is 23.8 Å². The van der Waals surface area contributed by atoms with Gasteiger partial charge in [0.25, 0.3) is 0 Å². The summed E-state index contributed by atoms with van der Waals surface area (Å²) < 4.78 is 39.7. The highest BCUT2D eigenvalue weighted by molar-refractivity contribution is 7.09. The molecule has 0 saturated carbocycles. The van der Waals surface area contributed by atoms with Crippen molar-refractivity contribution in [1.82, 2.24) is 29.8 Å². The van der Waals surface area contributed by atoms with Crippen molar-refractivity contribution in [3.05, 3.63) is 28.8 Å². The maximum Gasteiger partial charge on any atom is 0.389 e. The number of thiazole rings is 1. The molecule has 0 N–H and O–H groups in total. The first-order chi connectivity index (χ1) is 10.4. The zero-order valence-corrected chi connectivity index (χ0v) is 12.3. The summed E-state index contributed by atoms with van der Waals surface area (Å²) in [6.45, 7) is 0. The number of rotatable bonds is 4. The van der Waals surface area contributed by atoms with Crippen LogP contribution in [-0.4, -0.2) is 35.9 Å². The van der Waals surface area contributed by atoms with Gasteiger partial charge in [-0.1, -0.05) is 5.21 Å². The maximum absolute atomic E-state index is 12.2. The van der Waals surface area contributed by atoms with Gasteiger partial charge in [0.05, 0.1) is 11.2 Å². The van der Waals surface area contributed by atoms with Gasteiger partial charge < -0.3 is 0 Å². The average molecular weight is 328 g/mol. The van der Waals surface area contributed by atoms with E-state index in [2.05, 4.69) is 20.4 Å². The Hall–Kier alpha value is -2.23. The minimum Gasteiger partial charge on any atom is -0.274 e. The molecule has 10 heteroatoms. The molecular weight excluding hydrogens is 317 g/mol. The van der Waals surface area contributed by atoms with E-state index in [1.807, 2.05) is 0 Å². The number of hydrogen-bond acceptors (Lipinski definition) is 5. The number of aromatic nitrogens is 6. The van der Waals surface area contributed by atoms with Crippen molar-refractivity contribution in [2.45, 2.75) is 19.0 Å². The monoisotopic (exact) mass is 328 g/mol. The molecule has 6 nitrogen and oxygen atoms in total. The molecule has 3 rings (SSSR count). The van der Waals surface area contributed by atoms with Crippen LogP contribution in [0, 0.1) is 0 Å². The quantitative estimate of drug-likeness (QED) is 0.739. The van der Waals surface area contributed by atoms with Crippen LogP contribution < -0.4 is 0 Å². The fourth-order valence-corrected chi connectivity index (χ4v) is 2.60. The molecule has 116 valence electrons. The molecule has 0 unspecified atom stereocenters. The number of nitrogens with zero attached hydrogens (tertiary/aromatic N) is 6. The van der Waals surface area contributed by atoms with Crippen LogP contribution in [0.25, 0.3) is 17.2 Å². The summed E-state index contributed by atoms with van der Waals surface area (Å²) in [5.74, 6) is 0.605. The van der Waals surface area contributed by atoms with E-state index in [1.165, 1.54) is 16.0 Å². The van der Waals surface area contributed by atoms with E-state index >= 15 is 0 Å². The minimum atomic E-state index is -4.17. The van der Waals surface area contributed by atoms with Crippen LogP contribution in [0.5, 0.6) is 0 Å². The van der Waals surface area contributed by atoms with Gasteiger partial charge in [0.15, 0.2) is 5.82 Å². The lowest BCUT2D eigenvalue weighted by molar-refractivity contribution is -0.133. The Morgan fingerprint density at radius 3 is 2.77 bits per heavy atom. The molecule has 0 radical (unpaired) electrons. The molecule has 0 saturated heterocycles. The molecule has 0 atom stereocenters. The lowest BCUT2D eigenvalue weighted by atomic mass is 10.3. The lowest BCUT2D eigenvalue weighted by Gasteiger charge is -2.02. The molecule has 3 heterocycles. The summed E-state index contributed by atoms with van der Waals surface area (Å²) in [6.07, 6.45) is -1.75. The van der Waals surface area contributed by atoms with Crippen molar-refractivity contribution >= 4 is 11.3 Å². The average Bonchev–Trinajstić information content (AvgIpc) is 3.14. The largest absolute Gasteiger partial charge is 0.389 e. The molecule has 0 amide bonds. The molecule has 0 fully saturated rings. The molecule has 0 bridgehead atoms. The van der Waals surface area contributed by atoms with Crippen molar-refractivity contribution in [2.24, 2.45) is 7.05 Å². The molecule has 3 aromatic rings. The van der Waals surface area contributed by atoms with Crippen LogP contribution in [0.1, 0.15) is 11.4 Å². The smallest absolute Gasteiger partial charge is 0.274 e. The molecule has 0 aliphatic heterocycles. The summed E-state index contributed by atoms with van der Waals surface area (Å²) in [4.78, 5) is 4.17. The second-order valence-electron chi connectivity index (χ2n) is 4.64. The fraction of sp³-hybridized carbons (Fsp3) is 0.333. The van der Waals surface area contributed by atoms with Gasteiger partial charge in [-0.2, -0.15) is 23.0 Å². The lowest BCUT2D eigenvalue weighted by Crippen LogP contribution is -2.08. The fourth-order valence-electron chi connectivity index (χ4n) is 1.81. The van der Waals surface area contributed by atoms with E-state index in [1.54, 1.807) is 35.6 Å². The van der Waals surface area contributed by atoms with Gasteiger partial charge in [-0.15, -0.1) is 16.4 Å². The maximum atomic E-state index is 12.2. The predicted molar refractivity (Wildman–Crippen MR) is 73.6 cm³/mol. The van der Waals surface area contributed by atoms with Crippen molar-refractivity contribution in [1.29, 1.82) is 0 Å². The van der Waals surface area contributed by atoms with E-state index in [0.717, 1.165) is 0 Å². The number of hydrogen-bond donors (Lipinski definition) is 0. The van der Waals surface area contributed by atoms with Crippen LogP contribution in [0.2, 0.25) is 0 Å². The SMILES string of the molecule is Cn1ccc(-n2cc(-c3csc(CCC(F)(F)F)n3)nn2)n1. The van der Waals surface area contributed by atoms with Gasteiger partial charge in [0.1, 0.15) is 11.4 Å². The van der Waals surface area contributed by atoms with Crippen molar-refractivity contribution < 1.29 is 13.2 Å². The van der Waals surface area contributed by atoms with Gasteiger partial charge in [-0.25, -0.2) is 4.98 Å². The second kappa shape index (κ2) is 5.52. The summed E-state index contributed by atoms with van der Waals surface area (Å²) in [5.41, 5.74) is 1.02. The molecule has 22 heavy (non-hydrogen) atoms. The predicted octanol–water partition coefficient (Wildman–Crippen LogP) is 2.62. The van der Waals surface area contributed by atoms with Gasteiger partial charge in [0.2, 0.25) is 0 Å². The highest BCUT2D eigenvalue weighted by atomic mass is 32.1. The summed E-state index contributed by atoms with van der Waals surface area (Å²) in [7, 11) is 1.79. The van der Waals surface area contributed by atoms with Gasteiger partial charge in [-0.3, -0.25) is 4.68 Å². The van der Waals surface area contributed by atoms with Gasteiger partial charge in [0, 0.05) is 37.5 Å². The molecule has 3 aromatic heterocycles. The van der Waals surface area contributed by atoms with E-state index in [-0.39, 0.29) is 6.42 Å².